The molecule has 4 N–H and O–H groups in total. The quantitative estimate of drug-likeness (QED) is 0.468. The third kappa shape index (κ3) is 5.75. The number of nitrogens with two attached hydrogens (primary N) is 2. The van der Waals surface area contributed by atoms with E-state index in [0.29, 0.717) is 0 Å². The van der Waals surface area contributed by atoms with E-state index in [2.05, 4.69) is 20.4 Å². The minimum absolute atomic E-state index is 0.0263. The summed E-state index contributed by atoms with van der Waals surface area (Å²) in [6.45, 7) is 0. The standard InChI is InChI=1S/C18H20N6O2/c1-25-15-7-3-13(4-8-15)11-21-23-17(19)18(20)24-22-12-14-5-9-16(26-2)10-6-14/h3-12H,1-2H3,(H2,19,23)(H2,20,24)/b21-11-,22-12-. The minimum atomic E-state index is -0.0263. The van der Waals surface area contributed by atoms with Crippen LogP contribution in [0.15, 0.2) is 68.9 Å². The molecule has 2 rings (SSSR count). The zero-order valence-corrected chi connectivity index (χ0v) is 14.5. The fourth-order valence-corrected chi connectivity index (χ4v) is 1.80. The summed E-state index contributed by atoms with van der Waals surface area (Å²) in [6, 6.07) is 14.6. The highest BCUT2D eigenvalue weighted by Gasteiger charge is 1.98. The molecule has 0 aliphatic carbocycles. The van der Waals surface area contributed by atoms with Gasteiger partial charge in [0.1, 0.15) is 11.5 Å². The molecule has 0 radical (unpaired) electrons. The first-order valence-corrected chi connectivity index (χ1v) is 7.64. The predicted molar refractivity (Wildman–Crippen MR) is 104 cm³/mol. The summed E-state index contributed by atoms with van der Waals surface area (Å²) in [5.41, 5.74) is 13.1. The number of amidine groups is 2. The summed E-state index contributed by atoms with van der Waals surface area (Å²) in [5, 5.41) is 15.3. The van der Waals surface area contributed by atoms with Crippen LogP contribution in [0.3, 0.4) is 0 Å². The van der Waals surface area contributed by atoms with Crippen molar-refractivity contribution in [1.82, 2.24) is 0 Å². The lowest BCUT2D eigenvalue weighted by atomic mass is 10.2. The Labute approximate surface area is 151 Å². The van der Waals surface area contributed by atoms with Crippen molar-refractivity contribution in [2.75, 3.05) is 14.2 Å². The molecular formula is C18H20N6O2. The van der Waals surface area contributed by atoms with Crippen molar-refractivity contribution >= 4 is 24.1 Å². The van der Waals surface area contributed by atoms with Gasteiger partial charge in [0.2, 0.25) is 0 Å². The number of rotatable bonds is 6. The molecule has 8 heteroatoms. The van der Waals surface area contributed by atoms with E-state index in [1.807, 2.05) is 48.5 Å². The van der Waals surface area contributed by atoms with Crippen LogP contribution in [0.2, 0.25) is 0 Å². The second-order valence-corrected chi connectivity index (χ2v) is 5.01. The van der Waals surface area contributed by atoms with Crippen molar-refractivity contribution in [3.8, 4) is 11.5 Å². The average Bonchev–Trinajstić information content (AvgIpc) is 2.68. The van der Waals surface area contributed by atoms with Crippen LogP contribution in [-0.2, 0) is 0 Å². The predicted octanol–water partition coefficient (Wildman–Crippen LogP) is 1.79. The summed E-state index contributed by atoms with van der Waals surface area (Å²) >= 11 is 0. The van der Waals surface area contributed by atoms with E-state index in [0.717, 1.165) is 22.6 Å². The van der Waals surface area contributed by atoms with Gasteiger partial charge in [0, 0.05) is 0 Å². The first-order chi connectivity index (χ1) is 12.6. The molecule has 0 fully saturated rings. The van der Waals surface area contributed by atoms with Crippen LogP contribution in [-0.4, -0.2) is 38.3 Å². The first-order valence-electron chi connectivity index (χ1n) is 7.64. The van der Waals surface area contributed by atoms with E-state index in [-0.39, 0.29) is 11.7 Å². The van der Waals surface area contributed by atoms with Gasteiger partial charge in [0.25, 0.3) is 0 Å². The monoisotopic (exact) mass is 352 g/mol. The summed E-state index contributed by atoms with van der Waals surface area (Å²) in [6.07, 6.45) is 3.08. The molecular weight excluding hydrogens is 332 g/mol. The molecule has 2 aromatic carbocycles. The fourth-order valence-electron chi connectivity index (χ4n) is 1.80. The van der Waals surface area contributed by atoms with Crippen LogP contribution in [0.5, 0.6) is 11.5 Å². The topological polar surface area (TPSA) is 120 Å². The second-order valence-electron chi connectivity index (χ2n) is 5.01. The molecule has 26 heavy (non-hydrogen) atoms. The van der Waals surface area contributed by atoms with Crippen molar-refractivity contribution in [3.05, 3.63) is 59.7 Å². The van der Waals surface area contributed by atoms with E-state index >= 15 is 0 Å². The van der Waals surface area contributed by atoms with Gasteiger partial charge in [-0.1, -0.05) is 0 Å². The minimum Gasteiger partial charge on any atom is -0.497 e. The Hall–Kier alpha value is -3.68. The summed E-state index contributed by atoms with van der Waals surface area (Å²) in [4.78, 5) is 0. The van der Waals surface area contributed by atoms with E-state index in [1.165, 1.54) is 0 Å². The van der Waals surface area contributed by atoms with E-state index in [1.54, 1.807) is 26.6 Å². The number of nitrogens with zero attached hydrogens (tertiary/aromatic N) is 4. The molecule has 0 unspecified atom stereocenters. The molecule has 0 amide bonds. The Morgan fingerprint density at radius 1 is 0.692 bits per heavy atom. The molecule has 2 aromatic rings. The van der Waals surface area contributed by atoms with Gasteiger partial charge in [-0.2, -0.15) is 10.2 Å². The molecule has 0 aromatic heterocycles. The largest absolute Gasteiger partial charge is 0.497 e. The van der Waals surface area contributed by atoms with Crippen molar-refractivity contribution in [2.45, 2.75) is 0 Å². The van der Waals surface area contributed by atoms with Crippen molar-refractivity contribution < 1.29 is 9.47 Å². The number of benzene rings is 2. The molecule has 8 nitrogen and oxygen atoms in total. The number of hydrogen-bond acceptors (Lipinski definition) is 6. The molecule has 0 aliphatic rings. The van der Waals surface area contributed by atoms with Gasteiger partial charge < -0.3 is 20.9 Å². The lowest BCUT2D eigenvalue weighted by Crippen LogP contribution is -2.30. The van der Waals surface area contributed by atoms with Crippen LogP contribution in [0, 0.1) is 0 Å². The van der Waals surface area contributed by atoms with Crippen LogP contribution in [0.1, 0.15) is 11.1 Å². The maximum atomic E-state index is 5.71. The van der Waals surface area contributed by atoms with Crippen LogP contribution in [0.4, 0.5) is 0 Å². The zero-order chi connectivity index (χ0) is 18.8. The van der Waals surface area contributed by atoms with Gasteiger partial charge in [-0.15, -0.1) is 10.2 Å². The maximum absolute atomic E-state index is 5.71. The van der Waals surface area contributed by atoms with Gasteiger partial charge in [0.15, 0.2) is 11.7 Å². The Balaban J connectivity index is 1.96. The van der Waals surface area contributed by atoms with E-state index in [4.69, 9.17) is 20.9 Å². The number of ether oxygens (including phenoxy) is 2. The van der Waals surface area contributed by atoms with E-state index in [9.17, 15) is 0 Å². The summed E-state index contributed by atoms with van der Waals surface area (Å²) in [7, 11) is 3.21. The smallest absolute Gasteiger partial charge is 0.190 e. The third-order valence-corrected chi connectivity index (χ3v) is 3.24. The molecule has 0 saturated carbocycles. The van der Waals surface area contributed by atoms with Crippen LogP contribution >= 0.6 is 0 Å². The molecule has 0 spiro atoms. The highest BCUT2D eigenvalue weighted by molar-refractivity contribution is 6.39. The molecule has 0 saturated heterocycles. The lowest BCUT2D eigenvalue weighted by Gasteiger charge is -1.98. The maximum Gasteiger partial charge on any atom is 0.190 e. The van der Waals surface area contributed by atoms with Crippen molar-refractivity contribution in [2.24, 2.45) is 31.9 Å². The summed E-state index contributed by atoms with van der Waals surface area (Å²) < 4.78 is 10.2. The van der Waals surface area contributed by atoms with Crippen molar-refractivity contribution in [3.63, 3.8) is 0 Å². The Morgan fingerprint density at radius 3 is 1.35 bits per heavy atom. The average molecular weight is 352 g/mol. The van der Waals surface area contributed by atoms with Gasteiger partial charge in [-0.05, 0) is 59.7 Å². The number of hydrogen-bond donors (Lipinski definition) is 2. The van der Waals surface area contributed by atoms with E-state index < -0.39 is 0 Å². The second kappa shape index (κ2) is 9.58. The normalized spacial score (nSPS) is 12.7. The highest BCUT2D eigenvalue weighted by Crippen LogP contribution is 2.10. The highest BCUT2D eigenvalue weighted by atomic mass is 16.5. The summed E-state index contributed by atoms with van der Waals surface area (Å²) in [5.74, 6) is 1.47. The van der Waals surface area contributed by atoms with Gasteiger partial charge in [0.05, 0.1) is 26.6 Å². The Morgan fingerprint density at radius 2 is 1.04 bits per heavy atom. The van der Waals surface area contributed by atoms with Gasteiger partial charge in [-0.3, -0.25) is 0 Å². The SMILES string of the molecule is COc1ccc(\C=N/N=C(N)/C(N)=N\N=C/c2ccc(OC)cc2)cc1. The van der Waals surface area contributed by atoms with Crippen LogP contribution < -0.4 is 20.9 Å². The zero-order valence-electron chi connectivity index (χ0n) is 14.5. The van der Waals surface area contributed by atoms with Gasteiger partial charge in [-0.25, -0.2) is 0 Å². The molecule has 0 heterocycles. The van der Waals surface area contributed by atoms with Crippen LogP contribution in [0.25, 0.3) is 0 Å². The molecule has 0 aliphatic heterocycles. The van der Waals surface area contributed by atoms with Gasteiger partial charge >= 0.3 is 0 Å². The molecule has 134 valence electrons. The Kier molecular flexibility index (Phi) is 6.87. The number of methoxy groups -OCH3 is 2. The molecule has 0 bridgehead atoms. The van der Waals surface area contributed by atoms with Crippen molar-refractivity contribution in [1.29, 1.82) is 0 Å². The first kappa shape index (κ1) is 18.7. The molecule has 0 atom stereocenters. The Bertz CT molecular complexity index is 752. The lowest BCUT2D eigenvalue weighted by molar-refractivity contribution is 0.414. The third-order valence-electron chi connectivity index (χ3n) is 3.24. The fraction of sp³-hybridized carbons (Fsp3) is 0.111.